The Bertz CT molecular complexity index is 819. The second-order valence-electron chi connectivity index (χ2n) is 6.44. The van der Waals surface area contributed by atoms with Crippen LogP contribution in [0.3, 0.4) is 0 Å². The van der Waals surface area contributed by atoms with Crippen molar-refractivity contribution in [2.24, 2.45) is 0 Å². The van der Waals surface area contributed by atoms with Gasteiger partial charge >= 0.3 is 0 Å². The van der Waals surface area contributed by atoms with E-state index in [1.165, 1.54) is 12.1 Å². The van der Waals surface area contributed by atoms with E-state index in [1.54, 1.807) is 0 Å². The van der Waals surface area contributed by atoms with Gasteiger partial charge in [0.05, 0.1) is 5.97 Å². The maximum Gasteiger partial charge on any atom is 0.165 e. The van der Waals surface area contributed by atoms with Crippen molar-refractivity contribution in [1.29, 1.82) is 0 Å². The number of carboxylic acids is 1. The molecule has 0 atom stereocenters. The number of carbonyl (C=O) groups excluding carboxylic acids is 1. The molecule has 2 aromatic carbocycles. The molecule has 1 aliphatic rings. The fraction of sp³-hybridized carbons (Fsp3) is 0.227. The quantitative estimate of drug-likeness (QED) is 0.735. The molecule has 1 fully saturated rings. The third kappa shape index (κ3) is 4.39. The Balaban J connectivity index is 1.78. The second-order valence-corrected chi connectivity index (χ2v) is 6.44. The molecule has 134 valence electrons. The number of carbonyl (C=O) groups is 1. The van der Waals surface area contributed by atoms with E-state index in [-0.39, 0.29) is 11.3 Å². The van der Waals surface area contributed by atoms with Crippen LogP contribution in [0.5, 0.6) is 5.75 Å². The molecule has 0 amide bonds. The summed E-state index contributed by atoms with van der Waals surface area (Å²) in [6.07, 6.45) is 11.2. The molecule has 3 rings (SSSR count). The minimum atomic E-state index is -1.35. The average Bonchev–Trinajstić information content (AvgIpc) is 3.10. The summed E-state index contributed by atoms with van der Waals surface area (Å²) in [5.41, 5.74) is 0.376. The van der Waals surface area contributed by atoms with Crippen molar-refractivity contribution in [3.63, 3.8) is 0 Å². The molecule has 0 N–H and O–H groups in total. The van der Waals surface area contributed by atoms with Crippen LogP contribution in [-0.2, 0) is 0 Å². The number of rotatable bonds is 6. The lowest BCUT2D eigenvalue weighted by atomic mass is 10.0. The number of carboxylic acid groups (broad SMARTS) is 1. The van der Waals surface area contributed by atoms with E-state index < -0.39 is 17.4 Å². The first-order valence-electron chi connectivity index (χ1n) is 8.69. The monoisotopic (exact) mass is 351 g/mol. The largest absolute Gasteiger partial charge is 0.545 e. The summed E-state index contributed by atoms with van der Waals surface area (Å²) in [5, 5.41) is 11.0. The minimum absolute atomic E-state index is 0.0507. The molecule has 1 aliphatic carbocycles. The van der Waals surface area contributed by atoms with E-state index in [9.17, 15) is 14.3 Å². The van der Waals surface area contributed by atoms with Gasteiger partial charge in [-0.05, 0) is 55.5 Å². The highest BCUT2D eigenvalue weighted by molar-refractivity contribution is 5.86. The number of benzene rings is 2. The van der Waals surface area contributed by atoms with Gasteiger partial charge in [0.1, 0.15) is 5.60 Å². The first kappa shape index (κ1) is 17.9. The van der Waals surface area contributed by atoms with Crippen LogP contribution in [0, 0.1) is 5.82 Å². The van der Waals surface area contributed by atoms with Crippen LogP contribution in [0.1, 0.15) is 41.6 Å². The van der Waals surface area contributed by atoms with Crippen molar-refractivity contribution in [3.8, 4) is 5.75 Å². The van der Waals surface area contributed by atoms with Gasteiger partial charge in [-0.2, -0.15) is 0 Å². The van der Waals surface area contributed by atoms with Gasteiger partial charge < -0.3 is 14.6 Å². The highest BCUT2D eigenvalue weighted by Gasteiger charge is 2.34. The Labute approximate surface area is 152 Å². The normalized spacial score (nSPS) is 16.3. The number of hydrogen-bond acceptors (Lipinski definition) is 3. The molecule has 3 nitrogen and oxygen atoms in total. The third-order valence-electron chi connectivity index (χ3n) is 4.53. The summed E-state index contributed by atoms with van der Waals surface area (Å²) in [6, 6.07) is 13.4. The summed E-state index contributed by atoms with van der Waals surface area (Å²) in [6.45, 7) is 0. The number of aromatic carboxylic acids is 1. The Morgan fingerprint density at radius 3 is 2.50 bits per heavy atom. The van der Waals surface area contributed by atoms with Crippen molar-refractivity contribution >= 4 is 12.0 Å². The van der Waals surface area contributed by atoms with Crippen molar-refractivity contribution in [2.75, 3.05) is 0 Å². The molecular weight excluding hydrogens is 331 g/mol. The average molecular weight is 351 g/mol. The van der Waals surface area contributed by atoms with Gasteiger partial charge in [0.15, 0.2) is 11.6 Å². The lowest BCUT2D eigenvalue weighted by molar-refractivity contribution is -0.255. The van der Waals surface area contributed by atoms with Gasteiger partial charge in [-0.25, -0.2) is 4.39 Å². The molecule has 0 spiro atoms. The van der Waals surface area contributed by atoms with Crippen molar-refractivity contribution in [1.82, 2.24) is 0 Å². The first-order chi connectivity index (χ1) is 12.6. The number of ether oxygens (including phenoxy) is 1. The maximum absolute atomic E-state index is 14.1. The summed E-state index contributed by atoms with van der Waals surface area (Å²) in [4.78, 5) is 11.0. The highest BCUT2D eigenvalue weighted by Crippen LogP contribution is 2.37. The molecule has 0 heterocycles. The lowest BCUT2D eigenvalue weighted by Crippen LogP contribution is -2.30. The van der Waals surface area contributed by atoms with E-state index in [4.69, 9.17) is 4.74 Å². The number of allylic oxidation sites excluding steroid dienone is 2. The predicted molar refractivity (Wildman–Crippen MR) is 97.2 cm³/mol. The van der Waals surface area contributed by atoms with Crippen LogP contribution < -0.4 is 9.84 Å². The van der Waals surface area contributed by atoms with E-state index in [0.29, 0.717) is 0 Å². The smallest absolute Gasteiger partial charge is 0.165 e. The summed E-state index contributed by atoms with van der Waals surface area (Å²) in [7, 11) is 0. The second kappa shape index (κ2) is 8.00. The van der Waals surface area contributed by atoms with Crippen LogP contribution >= 0.6 is 0 Å². The van der Waals surface area contributed by atoms with E-state index >= 15 is 0 Å². The lowest BCUT2D eigenvalue weighted by Gasteiger charge is -2.27. The van der Waals surface area contributed by atoms with Crippen molar-refractivity contribution < 1.29 is 19.0 Å². The predicted octanol–water partition coefficient (Wildman–Crippen LogP) is 4.15. The van der Waals surface area contributed by atoms with Crippen LogP contribution in [0.15, 0.2) is 66.8 Å². The summed E-state index contributed by atoms with van der Waals surface area (Å²) < 4.78 is 20.0. The molecule has 0 unspecified atom stereocenters. The first-order valence-corrected chi connectivity index (χ1v) is 8.69. The zero-order chi connectivity index (χ0) is 18.4. The zero-order valence-corrected chi connectivity index (χ0v) is 14.4. The van der Waals surface area contributed by atoms with Gasteiger partial charge in [0.25, 0.3) is 0 Å². The molecule has 0 aromatic heterocycles. The van der Waals surface area contributed by atoms with Crippen molar-refractivity contribution in [3.05, 3.63) is 83.7 Å². The third-order valence-corrected chi connectivity index (χ3v) is 4.53. The molecule has 4 heteroatoms. The molecule has 26 heavy (non-hydrogen) atoms. The van der Waals surface area contributed by atoms with Crippen LogP contribution in [-0.4, -0.2) is 11.6 Å². The SMILES string of the molecule is O=C([O-])c1ccc(F)c(OC2(/C=C/C=C\c3ccccc3)CCCC2)c1. The summed E-state index contributed by atoms with van der Waals surface area (Å²) in [5.74, 6) is -1.98. The van der Waals surface area contributed by atoms with Gasteiger partial charge in [-0.1, -0.05) is 48.6 Å². The zero-order valence-electron chi connectivity index (χ0n) is 14.4. The van der Waals surface area contributed by atoms with Crippen LogP contribution in [0.25, 0.3) is 6.08 Å². The fourth-order valence-electron chi connectivity index (χ4n) is 3.17. The Hall–Kier alpha value is -2.88. The number of halogens is 1. The van der Waals surface area contributed by atoms with Gasteiger partial charge in [-0.3, -0.25) is 0 Å². The Morgan fingerprint density at radius 1 is 1.08 bits per heavy atom. The molecule has 0 aliphatic heterocycles. The van der Waals surface area contributed by atoms with E-state index in [2.05, 4.69) is 0 Å². The van der Waals surface area contributed by atoms with Gasteiger partial charge in [0, 0.05) is 5.56 Å². The summed E-state index contributed by atoms with van der Waals surface area (Å²) >= 11 is 0. The molecule has 0 saturated heterocycles. The molecule has 1 saturated carbocycles. The Kier molecular flexibility index (Phi) is 5.52. The molecule has 2 aromatic rings. The van der Waals surface area contributed by atoms with Crippen LogP contribution in [0.2, 0.25) is 0 Å². The minimum Gasteiger partial charge on any atom is -0.545 e. The topological polar surface area (TPSA) is 49.4 Å². The molecule has 0 radical (unpaired) electrons. The maximum atomic E-state index is 14.1. The van der Waals surface area contributed by atoms with Gasteiger partial charge in [-0.15, -0.1) is 0 Å². The van der Waals surface area contributed by atoms with Crippen LogP contribution in [0.4, 0.5) is 4.39 Å². The molecule has 0 bridgehead atoms. The standard InChI is InChI=1S/C22H21FO3/c23-19-12-11-18(21(24)25)16-20(19)26-22(14-6-7-15-22)13-5-4-10-17-8-2-1-3-9-17/h1-5,8-13,16H,6-7,14-15H2,(H,24,25)/p-1/b10-4-,13-5+. The Morgan fingerprint density at radius 2 is 1.81 bits per heavy atom. The fourth-order valence-corrected chi connectivity index (χ4v) is 3.17. The highest BCUT2D eigenvalue weighted by atomic mass is 19.1. The van der Waals surface area contributed by atoms with E-state index in [0.717, 1.165) is 37.3 Å². The van der Waals surface area contributed by atoms with Gasteiger partial charge in [0.2, 0.25) is 0 Å². The van der Waals surface area contributed by atoms with Crippen molar-refractivity contribution in [2.45, 2.75) is 31.3 Å². The van der Waals surface area contributed by atoms with E-state index in [1.807, 2.05) is 54.6 Å². The molecular formula is C22H20FO3-. The number of hydrogen-bond donors (Lipinski definition) is 0.